The Morgan fingerprint density at radius 2 is 1.40 bits per heavy atom. The molecule has 0 aromatic heterocycles. The Labute approximate surface area is 97.5 Å². The van der Waals surface area contributed by atoms with Crippen molar-refractivity contribution in [3.63, 3.8) is 0 Å². The molecule has 1 unspecified atom stereocenters. The summed E-state index contributed by atoms with van der Waals surface area (Å²) in [6.07, 6.45) is 4.06. The monoisotopic (exact) mass is 207 g/mol. The van der Waals surface area contributed by atoms with Gasteiger partial charge in [0.25, 0.3) is 0 Å². The molecule has 15 heavy (non-hydrogen) atoms. The summed E-state index contributed by atoms with van der Waals surface area (Å²) in [5, 5.41) is 0.465. The molecule has 1 saturated carbocycles. The molecule has 0 heterocycles. The van der Waals surface area contributed by atoms with Crippen molar-refractivity contribution in [3.05, 3.63) is 0 Å². The highest BCUT2D eigenvalue weighted by atomic mass is 14.5. The Morgan fingerprint density at radius 1 is 0.867 bits per heavy atom. The van der Waals surface area contributed by atoms with Gasteiger partial charge in [-0.1, -0.05) is 66.0 Å². The maximum absolute atomic E-state index is 2.57. The second kappa shape index (κ2) is 3.82. The highest BCUT2D eigenvalue weighted by Crippen LogP contribution is 2.59. The van der Waals surface area contributed by atoms with Crippen molar-refractivity contribution in [3.8, 4) is 0 Å². The molecular weight excluding hydrogens is 179 g/mol. The Morgan fingerprint density at radius 3 is 1.80 bits per heavy atom. The molecule has 0 bridgehead atoms. The van der Waals surface area contributed by atoms with E-state index in [0.29, 0.717) is 22.0 Å². The van der Waals surface area contributed by atoms with Crippen molar-refractivity contribution < 1.29 is 0 Å². The molecule has 87 valence electrons. The van der Waals surface area contributed by atoms with Crippen LogP contribution in [0.25, 0.3) is 0 Å². The van der Waals surface area contributed by atoms with Gasteiger partial charge in [0, 0.05) is 0 Å². The van der Waals surface area contributed by atoms with Crippen LogP contribution in [0.3, 0.4) is 0 Å². The van der Waals surface area contributed by atoms with E-state index in [2.05, 4.69) is 55.7 Å². The molecule has 1 radical (unpaired) electrons. The first-order valence-corrected chi connectivity index (χ1v) is 6.44. The summed E-state index contributed by atoms with van der Waals surface area (Å²) in [6, 6.07) is 0. The van der Waals surface area contributed by atoms with Crippen LogP contribution in [0.15, 0.2) is 0 Å². The van der Waals surface area contributed by atoms with Crippen molar-refractivity contribution in [1.82, 2.24) is 0 Å². The number of hydrogen-bond acceptors (Lipinski definition) is 0. The third-order valence-corrected chi connectivity index (χ3v) is 4.73. The molecule has 1 rings (SSSR count). The predicted molar refractivity (Wildman–Crippen MR) is 70.6 cm³/mol. The smallest absolute Gasteiger partial charge is 0.0738 e. The lowest BCUT2D eigenvalue weighted by molar-refractivity contribution is 0.0302. The molecule has 1 aliphatic carbocycles. The zero-order valence-electron chi connectivity index (χ0n) is 11.8. The van der Waals surface area contributed by atoms with Gasteiger partial charge in [-0.2, -0.15) is 0 Å². The van der Waals surface area contributed by atoms with E-state index in [4.69, 9.17) is 0 Å². The molecule has 1 aliphatic rings. The standard InChI is InChI=1S/C14H28B/c1-11(2)15-14(7)9-8-12(3,4)13(5,6)10-14/h11H,8-10H2,1-7H3. The molecule has 0 amide bonds. The third kappa shape index (κ3) is 2.79. The molecule has 0 saturated heterocycles. The summed E-state index contributed by atoms with van der Waals surface area (Å²) in [5.41, 5.74) is 0.961. The highest BCUT2D eigenvalue weighted by molar-refractivity contribution is 6.41. The van der Waals surface area contributed by atoms with E-state index < -0.39 is 0 Å². The summed E-state index contributed by atoms with van der Waals surface area (Å²) in [6.45, 7) is 16.8. The van der Waals surface area contributed by atoms with Gasteiger partial charge >= 0.3 is 0 Å². The quantitative estimate of drug-likeness (QED) is 0.563. The zero-order valence-corrected chi connectivity index (χ0v) is 11.8. The fourth-order valence-corrected chi connectivity index (χ4v) is 3.22. The van der Waals surface area contributed by atoms with E-state index in [1.54, 1.807) is 0 Å². The first kappa shape index (κ1) is 13.1. The topological polar surface area (TPSA) is 0 Å². The van der Waals surface area contributed by atoms with Gasteiger partial charge < -0.3 is 0 Å². The van der Waals surface area contributed by atoms with Crippen molar-refractivity contribution in [2.75, 3.05) is 0 Å². The van der Waals surface area contributed by atoms with E-state index in [0.717, 1.165) is 0 Å². The summed E-state index contributed by atoms with van der Waals surface area (Å²) in [4.78, 5) is 0. The molecule has 0 aromatic rings. The van der Waals surface area contributed by atoms with Crippen molar-refractivity contribution >= 4 is 7.28 Å². The van der Waals surface area contributed by atoms with Crippen LogP contribution in [0, 0.1) is 10.8 Å². The Hall–Kier alpha value is 0.0649. The summed E-state index contributed by atoms with van der Waals surface area (Å²) >= 11 is 0. The van der Waals surface area contributed by atoms with Crippen molar-refractivity contribution in [2.24, 2.45) is 10.8 Å². The van der Waals surface area contributed by atoms with Crippen LogP contribution in [-0.4, -0.2) is 7.28 Å². The lowest BCUT2D eigenvalue weighted by Gasteiger charge is -2.53. The Bertz CT molecular complexity index is 227. The third-order valence-electron chi connectivity index (χ3n) is 4.73. The van der Waals surface area contributed by atoms with Crippen LogP contribution in [0.5, 0.6) is 0 Å². The molecule has 1 fully saturated rings. The number of hydrogen-bond donors (Lipinski definition) is 0. The van der Waals surface area contributed by atoms with E-state index in [-0.39, 0.29) is 0 Å². The minimum absolute atomic E-state index is 0.464. The number of rotatable bonds is 2. The first-order valence-electron chi connectivity index (χ1n) is 6.44. The zero-order chi connectivity index (χ0) is 11.9. The SMILES string of the molecule is CC(C)[B]C1(C)CCC(C)(C)C(C)(C)C1. The second-order valence-electron chi connectivity index (χ2n) is 7.51. The molecule has 0 aromatic carbocycles. The molecule has 0 N–H and O–H groups in total. The van der Waals surface area contributed by atoms with Crippen LogP contribution in [0.2, 0.25) is 11.1 Å². The van der Waals surface area contributed by atoms with Crippen LogP contribution >= 0.6 is 0 Å². The maximum atomic E-state index is 2.57. The Kier molecular flexibility index (Phi) is 3.35. The molecule has 0 nitrogen and oxygen atoms in total. The molecule has 1 atom stereocenters. The van der Waals surface area contributed by atoms with Crippen molar-refractivity contribution in [1.29, 1.82) is 0 Å². The lowest BCUT2D eigenvalue weighted by atomic mass is 9.38. The van der Waals surface area contributed by atoms with Gasteiger partial charge in [0.1, 0.15) is 7.28 Å². The lowest BCUT2D eigenvalue weighted by Crippen LogP contribution is -2.42. The molecular formula is C14H28B. The molecule has 0 aliphatic heterocycles. The van der Waals surface area contributed by atoms with E-state index >= 15 is 0 Å². The van der Waals surface area contributed by atoms with E-state index in [1.165, 1.54) is 19.3 Å². The highest BCUT2D eigenvalue weighted by Gasteiger charge is 2.47. The average Bonchev–Trinajstić information content (AvgIpc) is 1.96. The fraction of sp³-hybridized carbons (Fsp3) is 1.00. The summed E-state index contributed by atoms with van der Waals surface area (Å²) in [5.74, 6) is 0.715. The summed E-state index contributed by atoms with van der Waals surface area (Å²) < 4.78 is 0. The first-order chi connectivity index (χ1) is 6.58. The van der Waals surface area contributed by atoms with Gasteiger partial charge in [-0.3, -0.25) is 0 Å². The fourth-order valence-electron chi connectivity index (χ4n) is 3.22. The normalized spacial score (nSPS) is 34.1. The van der Waals surface area contributed by atoms with Crippen LogP contribution in [0.1, 0.15) is 67.7 Å². The van der Waals surface area contributed by atoms with Crippen LogP contribution in [0.4, 0.5) is 0 Å². The molecule has 0 spiro atoms. The largest absolute Gasteiger partial charge is 0.121 e. The van der Waals surface area contributed by atoms with Gasteiger partial charge in [0.05, 0.1) is 0 Å². The van der Waals surface area contributed by atoms with Gasteiger partial charge in [-0.15, -0.1) is 0 Å². The van der Waals surface area contributed by atoms with Crippen LogP contribution < -0.4 is 0 Å². The van der Waals surface area contributed by atoms with Gasteiger partial charge in [-0.25, -0.2) is 0 Å². The second-order valence-corrected chi connectivity index (χ2v) is 7.51. The summed E-state index contributed by atoms with van der Waals surface area (Å²) in [7, 11) is 2.57. The van der Waals surface area contributed by atoms with Gasteiger partial charge in [0.2, 0.25) is 0 Å². The Balaban J connectivity index is 2.77. The van der Waals surface area contributed by atoms with Crippen LogP contribution in [-0.2, 0) is 0 Å². The molecule has 1 heteroatoms. The van der Waals surface area contributed by atoms with Crippen molar-refractivity contribution in [2.45, 2.75) is 78.9 Å². The minimum Gasteiger partial charge on any atom is -0.0738 e. The average molecular weight is 207 g/mol. The maximum Gasteiger partial charge on any atom is 0.121 e. The minimum atomic E-state index is 0.464. The predicted octanol–water partition coefficient (Wildman–Crippen LogP) is 4.93. The van der Waals surface area contributed by atoms with E-state index in [9.17, 15) is 0 Å². The van der Waals surface area contributed by atoms with E-state index in [1.807, 2.05) is 0 Å². The van der Waals surface area contributed by atoms with Gasteiger partial charge in [-0.05, 0) is 23.7 Å². The van der Waals surface area contributed by atoms with Gasteiger partial charge in [0.15, 0.2) is 0 Å².